The number of hydrogen-bond donors (Lipinski definition) is 2. The number of rotatable bonds is 6. The van der Waals surface area contributed by atoms with Crippen molar-refractivity contribution in [2.75, 3.05) is 29.9 Å². The average Bonchev–Trinajstić information content (AvgIpc) is 3.24. The molecule has 0 unspecified atom stereocenters. The van der Waals surface area contributed by atoms with Crippen LogP contribution in [-0.4, -0.2) is 51.3 Å². The van der Waals surface area contributed by atoms with Gasteiger partial charge in [-0.2, -0.15) is 4.52 Å². The van der Waals surface area contributed by atoms with Gasteiger partial charge in [0.2, 0.25) is 11.8 Å². The highest BCUT2D eigenvalue weighted by Gasteiger charge is 2.25. The predicted molar refractivity (Wildman–Crippen MR) is 121 cm³/mol. The largest absolute Gasteiger partial charge is 0.355 e. The van der Waals surface area contributed by atoms with E-state index in [0.717, 1.165) is 47.5 Å². The third kappa shape index (κ3) is 5.19. The van der Waals surface area contributed by atoms with Gasteiger partial charge in [-0.05, 0) is 49.6 Å². The lowest BCUT2D eigenvalue weighted by molar-refractivity contribution is -0.125. The normalized spacial score (nSPS) is 14.6. The van der Waals surface area contributed by atoms with Crippen molar-refractivity contribution in [2.24, 2.45) is 5.92 Å². The molecule has 3 heterocycles. The molecule has 4 rings (SSSR count). The van der Waals surface area contributed by atoms with Gasteiger partial charge >= 0.3 is 0 Å². The summed E-state index contributed by atoms with van der Waals surface area (Å²) in [5.74, 6) is 0.691. The summed E-state index contributed by atoms with van der Waals surface area (Å²) in [6.45, 7) is 3.77. The molecule has 3 aromatic rings. The molecule has 0 atom stereocenters. The molecule has 1 aliphatic heterocycles. The van der Waals surface area contributed by atoms with Crippen LogP contribution in [0.3, 0.4) is 0 Å². The summed E-state index contributed by atoms with van der Waals surface area (Å²) in [5, 5.41) is 18.1. The second kappa shape index (κ2) is 9.42. The molecule has 1 saturated heterocycles. The highest BCUT2D eigenvalue weighted by atomic mass is 79.9. The second-order valence-corrected chi connectivity index (χ2v) is 8.55. The number of halogens is 1. The number of nitrogens with zero attached hydrogens (tertiary/aromatic N) is 5. The Morgan fingerprint density at radius 3 is 2.81 bits per heavy atom. The van der Waals surface area contributed by atoms with E-state index in [9.17, 15) is 9.59 Å². The minimum atomic E-state index is -0.119. The van der Waals surface area contributed by atoms with Crippen molar-refractivity contribution in [3.8, 4) is 0 Å². The quantitative estimate of drug-likeness (QED) is 0.555. The fourth-order valence-electron chi connectivity index (χ4n) is 3.64. The number of piperidine rings is 1. The summed E-state index contributed by atoms with van der Waals surface area (Å²) in [7, 11) is 0. The van der Waals surface area contributed by atoms with Crippen molar-refractivity contribution in [1.82, 2.24) is 25.1 Å². The maximum absolute atomic E-state index is 12.5. The molecule has 162 valence electrons. The molecule has 2 amide bonds. The Hall–Kier alpha value is -3.01. The molecule has 0 bridgehead atoms. The third-order valence-corrected chi connectivity index (χ3v) is 5.96. The fraction of sp³-hybridized carbons (Fsp3) is 0.381. The number of aromatic nitrogens is 4. The predicted octanol–water partition coefficient (Wildman–Crippen LogP) is 2.56. The molecular formula is C21H24BrN7O2. The summed E-state index contributed by atoms with van der Waals surface area (Å²) >= 11 is 3.41. The first kappa shape index (κ1) is 21.2. The lowest BCUT2D eigenvalue weighted by atomic mass is 9.96. The zero-order valence-electron chi connectivity index (χ0n) is 17.2. The van der Waals surface area contributed by atoms with E-state index in [0.29, 0.717) is 12.2 Å². The number of hydrogen-bond acceptors (Lipinski definition) is 6. The van der Waals surface area contributed by atoms with Crippen molar-refractivity contribution in [1.29, 1.82) is 0 Å². The molecule has 10 heteroatoms. The van der Waals surface area contributed by atoms with Gasteiger partial charge in [0.25, 0.3) is 0 Å². The molecule has 2 aromatic heterocycles. The van der Waals surface area contributed by atoms with Crippen LogP contribution in [0.2, 0.25) is 0 Å². The molecule has 0 spiro atoms. The number of carbonyl (C=O) groups excluding carboxylic acids is 2. The van der Waals surface area contributed by atoms with E-state index in [4.69, 9.17) is 0 Å². The van der Waals surface area contributed by atoms with Crippen LogP contribution in [-0.2, 0) is 9.59 Å². The number of amides is 2. The highest BCUT2D eigenvalue weighted by molar-refractivity contribution is 9.10. The Balaban J connectivity index is 1.21. The van der Waals surface area contributed by atoms with E-state index in [1.807, 2.05) is 37.3 Å². The van der Waals surface area contributed by atoms with Crippen molar-refractivity contribution < 1.29 is 9.59 Å². The third-order valence-electron chi connectivity index (χ3n) is 5.46. The van der Waals surface area contributed by atoms with Crippen LogP contribution in [0.5, 0.6) is 0 Å². The minimum absolute atomic E-state index is 0.00769. The molecule has 0 aliphatic carbocycles. The SMILES string of the molecule is Cc1ccc(Br)cc1NC(=O)CCNC(=O)C1CCN(c2ccc3nncn3n2)CC1. The first-order valence-corrected chi connectivity index (χ1v) is 11.0. The highest BCUT2D eigenvalue weighted by Crippen LogP contribution is 2.22. The van der Waals surface area contributed by atoms with Crippen LogP contribution in [0.25, 0.3) is 5.65 Å². The number of fused-ring (bicyclic) bond motifs is 1. The number of nitrogens with one attached hydrogen (secondary N) is 2. The lowest BCUT2D eigenvalue weighted by Gasteiger charge is -2.32. The van der Waals surface area contributed by atoms with Crippen LogP contribution in [0, 0.1) is 12.8 Å². The summed E-state index contributed by atoms with van der Waals surface area (Å²) in [4.78, 5) is 26.9. The average molecular weight is 486 g/mol. The van der Waals surface area contributed by atoms with Crippen LogP contribution in [0.4, 0.5) is 11.5 Å². The maximum atomic E-state index is 12.5. The molecule has 1 aliphatic rings. The topological polar surface area (TPSA) is 105 Å². The Kier molecular flexibility index (Phi) is 6.45. The summed E-state index contributed by atoms with van der Waals surface area (Å²) < 4.78 is 2.55. The minimum Gasteiger partial charge on any atom is -0.355 e. The van der Waals surface area contributed by atoms with Gasteiger partial charge < -0.3 is 15.5 Å². The van der Waals surface area contributed by atoms with E-state index in [1.54, 1.807) is 10.8 Å². The number of benzene rings is 1. The first-order chi connectivity index (χ1) is 15.0. The molecule has 9 nitrogen and oxygen atoms in total. The van der Waals surface area contributed by atoms with Gasteiger partial charge in [0.1, 0.15) is 12.1 Å². The Morgan fingerprint density at radius 1 is 1.19 bits per heavy atom. The summed E-state index contributed by atoms with van der Waals surface area (Å²) in [5.41, 5.74) is 2.47. The zero-order chi connectivity index (χ0) is 21.8. The lowest BCUT2D eigenvalue weighted by Crippen LogP contribution is -2.41. The molecule has 0 saturated carbocycles. The number of aryl methyl sites for hydroxylation is 1. The molecule has 1 fully saturated rings. The summed E-state index contributed by atoms with van der Waals surface area (Å²) in [6, 6.07) is 9.55. The smallest absolute Gasteiger partial charge is 0.226 e. The molecule has 1 aromatic carbocycles. The van der Waals surface area contributed by atoms with Crippen molar-refractivity contribution >= 4 is 44.9 Å². The van der Waals surface area contributed by atoms with E-state index in [1.165, 1.54) is 0 Å². The van der Waals surface area contributed by atoms with Crippen LogP contribution in [0.1, 0.15) is 24.8 Å². The molecule has 0 radical (unpaired) electrons. The second-order valence-electron chi connectivity index (χ2n) is 7.64. The Bertz CT molecular complexity index is 1090. The zero-order valence-corrected chi connectivity index (χ0v) is 18.8. The van der Waals surface area contributed by atoms with Crippen molar-refractivity contribution in [2.45, 2.75) is 26.2 Å². The first-order valence-electron chi connectivity index (χ1n) is 10.3. The molecule has 31 heavy (non-hydrogen) atoms. The maximum Gasteiger partial charge on any atom is 0.226 e. The molecule has 2 N–H and O–H groups in total. The van der Waals surface area contributed by atoms with E-state index < -0.39 is 0 Å². The van der Waals surface area contributed by atoms with Gasteiger partial charge in [-0.1, -0.05) is 22.0 Å². The standard InChI is InChI=1S/C21H24BrN7O2/c1-14-2-3-16(22)12-17(14)25-20(30)6-9-23-21(31)15-7-10-28(11-8-15)19-5-4-18-26-24-13-29(18)27-19/h2-5,12-13,15H,6-11H2,1H3,(H,23,31)(H,25,30). The van der Waals surface area contributed by atoms with Crippen molar-refractivity contribution in [3.63, 3.8) is 0 Å². The van der Waals surface area contributed by atoms with E-state index in [-0.39, 0.29) is 24.2 Å². The van der Waals surface area contributed by atoms with Gasteiger partial charge in [0.05, 0.1) is 0 Å². The van der Waals surface area contributed by atoms with Gasteiger partial charge in [-0.25, -0.2) is 0 Å². The summed E-state index contributed by atoms with van der Waals surface area (Å²) in [6.07, 6.45) is 3.31. The van der Waals surface area contributed by atoms with E-state index in [2.05, 4.69) is 46.8 Å². The van der Waals surface area contributed by atoms with Crippen LogP contribution in [0.15, 0.2) is 41.1 Å². The Labute approximate surface area is 188 Å². The monoisotopic (exact) mass is 485 g/mol. The van der Waals surface area contributed by atoms with Crippen molar-refractivity contribution in [3.05, 3.63) is 46.7 Å². The Morgan fingerprint density at radius 2 is 2.00 bits per heavy atom. The van der Waals surface area contributed by atoms with Gasteiger partial charge in [0.15, 0.2) is 5.65 Å². The van der Waals surface area contributed by atoms with E-state index >= 15 is 0 Å². The number of anilines is 2. The van der Waals surface area contributed by atoms with Gasteiger partial charge in [0, 0.05) is 42.1 Å². The van der Waals surface area contributed by atoms with Crippen LogP contribution < -0.4 is 15.5 Å². The molecular weight excluding hydrogens is 462 g/mol. The fourth-order valence-corrected chi connectivity index (χ4v) is 4.00. The number of carbonyl (C=O) groups is 2. The van der Waals surface area contributed by atoms with Gasteiger partial charge in [-0.3, -0.25) is 9.59 Å². The van der Waals surface area contributed by atoms with Gasteiger partial charge in [-0.15, -0.1) is 15.3 Å². The van der Waals surface area contributed by atoms with Crippen LogP contribution >= 0.6 is 15.9 Å².